The maximum atomic E-state index is 12.5. The van der Waals surface area contributed by atoms with E-state index in [0.717, 1.165) is 5.56 Å². The van der Waals surface area contributed by atoms with E-state index in [9.17, 15) is 18.0 Å². The van der Waals surface area contributed by atoms with E-state index < -0.39 is 21.8 Å². The molecule has 1 heterocycles. The number of fused-ring (bicyclic) bond motifs is 1. The third-order valence-corrected chi connectivity index (χ3v) is 5.09. The summed E-state index contributed by atoms with van der Waals surface area (Å²) in [4.78, 5) is 29.6. The summed E-state index contributed by atoms with van der Waals surface area (Å²) in [6, 6.07) is 11.0. The van der Waals surface area contributed by atoms with Crippen LogP contribution in [0.2, 0.25) is 0 Å². The first-order chi connectivity index (χ1) is 11.8. The second-order valence-electron chi connectivity index (χ2n) is 5.87. The van der Waals surface area contributed by atoms with Gasteiger partial charge in [0.05, 0.1) is 15.6 Å². The van der Waals surface area contributed by atoms with Gasteiger partial charge in [-0.2, -0.15) is 0 Å². The van der Waals surface area contributed by atoms with Crippen LogP contribution in [0.3, 0.4) is 0 Å². The van der Waals surface area contributed by atoms with Gasteiger partial charge in [-0.1, -0.05) is 26.0 Å². The summed E-state index contributed by atoms with van der Waals surface area (Å²) in [5.74, 6) is -1.64. The fourth-order valence-corrected chi connectivity index (χ4v) is 3.40. The van der Waals surface area contributed by atoms with Gasteiger partial charge < -0.3 is 0 Å². The number of amides is 2. The van der Waals surface area contributed by atoms with Crippen LogP contribution in [0.15, 0.2) is 57.3 Å². The molecule has 8 heteroatoms. The summed E-state index contributed by atoms with van der Waals surface area (Å²) < 4.78 is 27.5. The maximum absolute atomic E-state index is 12.5. The number of nitrogens with zero attached hydrogens (tertiary/aromatic N) is 2. The number of anilines is 1. The highest BCUT2D eigenvalue weighted by atomic mass is 32.2. The van der Waals surface area contributed by atoms with Gasteiger partial charge in [0.1, 0.15) is 0 Å². The van der Waals surface area contributed by atoms with Crippen LogP contribution in [0.5, 0.6) is 0 Å². The molecule has 1 aliphatic rings. The molecule has 3 rings (SSSR count). The molecule has 0 unspecified atom stereocenters. The van der Waals surface area contributed by atoms with Gasteiger partial charge in [0.25, 0.3) is 10.0 Å². The van der Waals surface area contributed by atoms with Crippen molar-refractivity contribution in [2.45, 2.75) is 24.7 Å². The molecule has 0 radical (unpaired) electrons. The van der Waals surface area contributed by atoms with Gasteiger partial charge in [-0.15, -0.1) is 0 Å². The van der Waals surface area contributed by atoms with Crippen molar-refractivity contribution >= 4 is 27.5 Å². The first-order valence-corrected chi connectivity index (χ1v) is 9.03. The van der Waals surface area contributed by atoms with Crippen LogP contribution < -0.4 is 15.4 Å². The Morgan fingerprint density at radius 1 is 0.880 bits per heavy atom. The molecule has 25 heavy (non-hydrogen) atoms. The van der Waals surface area contributed by atoms with Crippen LogP contribution in [0.25, 0.3) is 0 Å². The third-order valence-electron chi connectivity index (χ3n) is 3.71. The Kier molecular flexibility index (Phi) is 4.22. The Morgan fingerprint density at radius 2 is 1.48 bits per heavy atom. The van der Waals surface area contributed by atoms with Crippen LogP contribution in [0.4, 0.5) is 5.69 Å². The normalized spacial score (nSPS) is 13.9. The van der Waals surface area contributed by atoms with Gasteiger partial charge in [0.15, 0.2) is 0 Å². The molecule has 0 saturated heterocycles. The molecule has 0 spiro atoms. The summed E-state index contributed by atoms with van der Waals surface area (Å²) in [6.45, 7) is 4.10. The number of sulfonamides is 1. The number of carbonyl (C=O) groups is 2. The fraction of sp³-hybridized carbons (Fsp3) is 0.176. The summed E-state index contributed by atoms with van der Waals surface area (Å²) in [6.07, 6.45) is 0. The molecule has 1 N–H and O–H groups in total. The minimum absolute atomic E-state index is 0.0580. The topological polar surface area (TPSA) is 105 Å². The molecule has 0 saturated carbocycles. The number of hydrogen-bond donors (Lipinski definition) is 1. The van der Waals surface area contributed by atoms with E-state index in [-0.39, 0.29) is 15.6 Å². The molecule has 128 valence electrons. The largest absolute Gasteiger partial charge is 0.338 e. The van der Waals surface area contributed by atoms with Gasteiger partial charge in [-0.3, -0.25) is 14.3 Å². The number of nitrogens with one attached hydrogen (secondary N) is 1. The standard InChI is InChI=1S/C17H15N3O4S/c1-10(2)11-3-5-12(6-4-11)20-25(23,24)13-7-8-14-15(9-13)19-17(22)16(21)18-14/h3-10,20H,1-2H3. The van der Waals surface area contributed by atoms with Crippen LogP contribution in [0.1, 0.15) is 25.3 Å². The third kappa shape index (κ3) is 3.48. The molecular weight excluding hydrogens is 342 g/mol. The predicted molar refractivity (Wildman–Crippen MR) is 90.1 cm³/mol. The Labute approximate surface area is 144 Å². The summed E-state index contributed by atoms with van der Waals surface area (Å²) in [7, 11) is -3.86. The predicted octanol–water partition coefficient (Wildman–Crippen LogP) is 0.917. The van der Waals surface area contributed by atoms with Gasteiger partial charge >= 0.3 is 11.8 Å². The highest BCUT2D eigenvalue weighted by Gasteiger charge is 2.19. The van der Waals surface area contributed by atoms with Crippen molar-refractivity contribution in [3.63, 3.8) is 0 Å². The quantitative estimate of drug-likeness (QED) is 0.821. The van der Waals surface area contributed by atoms with Crippen molar-refractivity contribution in [1.29, 1.82) is 0 Å². The van der Waals surface area contributed by atoms with Gasteiger partial charge in [0.2, 0.25) is 0 Å². The van der Waals surface area contributed by atoms with Crippen LogP contribution in [-0.2, 0) is 19.6 Å². The fourth-order valence-electron chi connectivity index (χ4n) is 2.32. The van der Waals surface area contributed by atoms with E-state index in [4.69, 9.17) is 0 Å². The molecule has 0 aromatic heterocycles. The van der Waals surface area contributed by atoms with Crippen LogP contribution >= 0.6 is 0 Å². The van der Waals surface area contributed by atoms with E-state index in [0.29, 0.717) is 11.6 Å². The van der Waals surface area contributed by atoms with Crippen molar-refractivity contribution < 1.29 is 18.0 Å². The average Bonchev–Trinajstić information content (AvgIpc) is 2.55. The molecule has 0 fully saturated rings. The highest BCUT2D eigenvalue weighted by Crippen LogP contribution is 2.19. The van der Waals surface area contributed by atoms with E-state index in [1.807, 2.05) is 26.0 Å². The molecule has 0 atom stereocenters. The van der Waals surface area contributed by atoms with Crippen molar-refractivity contribution in [3.8, 4) is 0 Å². The van der Waals surface area contributed by atoms with Crippen molar-refractivity contribution in [3.05, 3.63) is 58.7 Å². The molecule has 0 aliphatic carbocycles. The van der Waals surface area contributed by atoms with E-state index in [1.165, 1.54) is 18.2 Å². The summed E-state index contributed by atoms with van der Waals surface area (Å²) in [5, 5.41) is 0.229. The number of rotatable bonds is 4. The lowest BCUT2D eigenvalue weighted by Crippen LogP contribution is -2.35. The van der Waals surface area contributed by atoms with Gasteiger partial charge in [-0.05, 0) is 41.8 Å². The number of benzene rings is 2. The minimum Gasteiger partial charge on any atom is -0.280 e. The first-order valence-electron chi connectivity index (χ1n) is 7.55. The molecule has 2 aromatic rings. The zero-order chi connectivity index (χ0) is 18.2. The molecular formula is C17H15N3O4S. The maximum Gasteiger partial charge on any atom is 0.338 e. The second kappa shape index (κ2) is 6.21. The van der Waals surface area contributed by atoms with Crippen LogP contribution in [-0.4, -0.2) is 20.2 Å². The highest BCUT2D eigenvalue weighted by molar-refractivity contribution is 7.92. The van der Waals surface area contributed by atoms with E-state index >= 15 is 0 Å². The first kappa shape index (κ1) is 17.0. The Hall–Kier alpha value is -2.87. The zero-order valence-electron chi connectivity index (χ0n) is 13.6. The minimum atomic E-state index is -3.86. The van der Waals surface area contributed by atoms with E-state index in [2.05, 4.69) is 14.7 Å². The SMILES string of the molecule is CC(C)c1ccc(NS(=O)(=O)c2ccc3c(c2)=NC(=O)C(=O)N=3)cc1. The van der Waals surface area contributed by atoms with Crippen LogP contribution in [0, 0.1) is 0 Å². The lowest BCUT2D eigenvalue weighted by Gasteiger charge is -2.10. The van der Waals surface area contributed by atoms with Crippen molar-refractivity contribution in [1.82, 2.24) is 0 Å². The Balaban J connectivity index is 1.95. The van der Waals surface area contributed by atoms with Gasteiger partial charge in [-0.25, -0.2) is 18.4 Å². The monoisotopic (exact) mass is 357 g/mol. The summed E-state index contributed by atoms with van der Waals surface area (Å²) in [5.41, 5.74) is 1.52. The van der Waals surface area contributed by atoms with E-state index in [1.54, 1.807) is 12.1 Å². The van der Waals surface area contributed by atoms with Crippen molar-refractivity contribution in [2.75, 3.05) is 4.72 Å². The lowest BCUT2D eigenvalue weighted by molar-refractivity contribution is -0.135. The van der Waals surface area contributed by atoms with Gasteiger partial charge in [0, 0.05) is 5.69 Å². The lowest BCUT2D eigenvalue weighted by atomic mass is 10.0. The Bertz CT molecular complexity index is 1090. The molecule has 2 amide bonds. The smallest absolute Gasteiger partial charge is 0.280 e. The molecule has 7 nitrogen and oxygen atoms in total. The van der Waals surface area contributed by atoms with Crippen molar-refractivity contribution in [2.24, 2.45) is 9.98 Å². The molecule has 2 aromatic carbocycles. The number of carbonyl (C=O) groups excluding carboxylic acids is 2. The zero-order valence-corrected chi connectivity index (χ0v) is 14.4. The molecule has 0 bridgehead atoms. The Morgan fingerprint density at radius 3 is 2.08 bits per heavy atom. The summed E-state index contributed by atoms with van der Waals surface area (Å²) >= 11 is 0. The molecule has 1 aliphatic heterocycles. The average molecular weight is 357 g/mol. The second-order valence-corrected chi connectivity index (χ2v) is 7.55. The number of hydrogen-bond acceptors (Lipinski definition) is 4.